The van der Waals surface area contributed by atoms with E-state index in [1.807, 2.05) is 128 Å². The fraction of sp³-hybridized carbons (Fsp3) is 0.429. The quantitative estimate of drug-likeness (QED) is 0.0456. The standard InChI is InChI=1S/C42H48N2O6S4/c45-41(13-3-1-7-35-23-29-51-53-35)49-27-25-47-33-19-15-31(16-20-33)37-9-5-11-39(43-37)40-12-6-10-38(44-40)32-17-21-34(22-18-32)48-26-28-50-42(46)14-4-2-8-36-24-30-52-54-36/h5-6,9-12,15-22,35-36H,1-4,7-8,13-14,23-30H2. The Hall–Kier alpha value is -3.32. The average Bonchev–Trinajstić information content (AvgIpc) is 3.95. The fourth-order valence-electron chi connectivity index (χ4n) is 6.11. The monoisotopic (exact) mass is 804 g/mol. The Morgan fingerprint density at radius 3 is 1.37 bits per heavy atom. The van der Waals surface area contributed by atoms with E-state index in [0.717, 1.165) is 70.1 Å². The molecule has 4 heterocycles. The number of ether oxygens (including phenoxy) is 4. The van der Waals surface area contributed by atoms with Crippen LogP contribution in [0.3, 0.4) is 0 Å². The SMILES string of the molecule is O=C(CCCCC1CCSS1)OCCOc1ccc(-c2cccc(-c3cccc(-c4ccc(OCCOC(=O)CCCCC5CCSS5)cc4)n3)n2)cc1. The number of hydrogen-bond donors (Lipinski definition) is 0. The van der Waals surface area contributed by atoms with Gasteiger partial charge in [-0.2, -0.15) is 0 Å². The molecular weight excluding hydrogens is 757 g/mol. The molecule has 2 aliphatic heterocycles. The second-order valence-corrected chi connectivity index (χ2v) is 18.7. The van der Waals surface area contributed by atoms with Crippen molar-refractivity contribution in [2.24, 2.45) is 0 Å². The molecule has 2 aromatic heterocycles. The highest BCUT2D eigenvalue weighted by molar-refractivity contribution is 8.77. The predicted octanol–water partition coefficient (Wildman–Crippen LogP) is 10.7. The molecule has 0 radical (unpaired) electrons. The number of pyridine rings is 2. The number of hydrogen-bond acceptors (Lipinski definition) is 12. The Balaban J connectivity index is 0.905. The van der Waals surface area contributed by atoms with Gasteiger partial charge < -0.3 is 18.9 Å². The van der Waals surface area contributed by atoms with Crippen molar-refractivity contribution < 1.29 is 28.5 Å². The average molecular weight is 805 g/mol. The Morgan fingerprint density at radius 1 is 0.537 bits per heavy atom. The first kappa shape index (κ1) is 40.3. The third kappa shape index (κ3) is 13.5. The van der Waals surface area contributed by atoms with Gasteiger partial charge in [0.2, 0.25) is 0 Å². The van der Waals surface area contributed by atoms with Crippen LogP contribution in [0, 0.1) is 0 Å². The number of unbranched alkanes of at least 4 members (excludes halogenated alkanes) is 2. The minimum Gasteiger partial charge on any atom is -0.490 e. The molecule has 0 N–H and O–H groups in total. The second-order valence-electron chi connectivity index (χ2n) is 13.2. The number of rotatable bonds is 21. The summed E-state index contributed by atoms with van der Waals surface area (Å²) < 4.78 is 22.4. The summed E-state index contributed by atoms with van der Waals surface area (Å²) in [6.07, 6.45) is 9.78. The van der Waals surface area contributed by atoms with Crippen LogP contribution in [-0.4, -0.2) is 70.3 Å². The molecule has 0 bridgehead atoms. The highest BCUT2D eigenvalue weighted by Crippen LogP contribution is 2.40. The molecule has 2 fully saturated rings. The molecule has 12 heteroatoms. The Morgan fingerprint density at radius 2 is 0.963 bits per heavy atom. The van der Waals surface area contributed by atoms with E-state index in [-0.39, 0.29) is 25.2 Å². The van der Waals surface area contributed by atoms with Crippen LogP contribution in [0.15, 0.2) is 84.9 Å². The molecule has 286 valence electrons. The number of carbonyl (C=O) groups is 2. The van der Waals surface area contributed by atoms with E-state index in [4.69, 9.17) is 28.9 Å². The number of benzene rings is 2. The molecule has 2 saturated heterocycles. The van der Waals surface area contributed by atoms with Gasteiger partial charge in [-0.1, -0.05) is 68.1 Å². The summed E-state index contributed by atoms with van der Waals surface area (Å²) in [7, 11) is 7.89. The molecule has 0 saturated carbocycles. The topological polar surface area (TPSA) is 96.8 Å². The Kier molecular flexibility index (Phi) is 16.7. The van der Waals surface area contributed by atoms with Crippen LogP contribution in [0.25, 0.3) is 33.9 Å². The van der Waals surface area contributed by atoms with Crippen LogP contribution >= 0.6 is 43.2 Å². The molecule has 2 aromatic carbocycles. The van der Waals surface area contributed by atoms with Crippen molar-refractivity contribution in [1.82, 2.24) is 9.97 Å². The first-order chi connectivity index (χ1) is 26.6. The summed E-state index contributed by atoms with van der Waals surface area (Å²) in [6.45, 7) is 1.09. The lowest BCUT2D eigenvalue weighted by Gasteiger charge is -2.10. The van der Waals surface area contributed by atoms with E-state index in [9.17, 15) is 9.59 Å². The zero-order valence-electron chi connectivity index (χ0n) is 30.5. The zero-order valence-corrected chi connectivity index (χ0v) is 33.8. The summed E-state index contributed by atoms with van der Waals surface area (Å²) in [4.78, 5) is 34.0. The van der Waals surface area contributed by atoms with Crippen molar-refractivity contribution in [3.05, 3.63) is 84.9 Å². The second kappa shape index (κ2) is 22.3. The molecule has 0 amide bonds. The largest absolute Gasteiger partial charge is 0.490 e. The van der Waals surface area contributed by atoms with Gasteiger partial charge in [0.25, 0.3) is 0 Å². The molecule has 0 spiro atoms. The smallest absolute Gasteiger partial charge is 0.305 e. The van der Waals surface area contributed by atoms with E-state index in [0.29, 0.717) is 37.6 Å². The predicted molar refractivity (Wildman–Crippen MR) is 225 cm³/mol. The maximum atomic E-state index is 12.1. The van der Waals surface area contributed by atoms with Gasteiger partial charge in [-0.25, -0.2) is 9.97 Å². The van der Waals surface area contributed by atoms with Crippen molar-refractivity contribution in [1.29, 1.82) is 0 Å². The van der Waals surface area contributed by atoms with Gasteiger partial charge >= 0.3 is 11.9 Å². The normalized spacial score (nSPS) is 16.6. The molecule has 2 atom stereocenters. The number of aromatic nitrogens is 2. The van der Waals surface area contributed by atoms with Crippen LogP contribution in [-0.2, 0) is 19.1 Å². The van der Waals surface area contributed by atoms with Crippen molar-refractivity contribution in [2.75, 3.05) is 37.9 Å². The van der Waals surface area contributed by atoms with Gasteiger partial charge in [-0.3, -0.25) is 9.59 Å². The van der Waals surface area contributed by atoms with Crippen molar-refractivity contribution >= 4 is 55.1 Å². The first-order valence-electron chi connectivity index (χ1n) is 18.9. The van der Waals surface area contributed by atoms with Crippen LogP contribution in [0.5, 0.6) is 11.5 Å². The lowest BCUT2D eigenvalue weighted by Crippen LogP contribution is -2.12. The number of esters is 2. The summed E-state index contributed by atoms with van der Waals surface area (Å²) in [6, 6.07) is 27.4. The molecule has 2 aliphatic rings. The third-order valence-electron chi connectivity index (χ3n) is 9.06. The fourth-order valence-corrected chi connectivity index (χ4v) is 12.2. The first-order valence-corrected chi connectivity index (χ1v) is 23.6. The highest BCUT2D eigenvalue weighted by atomic mass is 33.1. The molecule has 54 heavy (non-hydrogen) atoms. The summed E-state index contributed by atoms with van der Waals surface area (Å²) >= 11 is 0. The van der Waals surface area contributed by atoms with Gasteiger partial charge in [0, 0.05) is 46.0 Å². The van der Waals surface area contributed by atoms with E-state index < -0.39 is 0 Å². The lowest BCUT2D eigenvalue weighted by atomic mass is 10.1. The molecule has 8 nitrogen and oxygen atoms in total. The molecule has 6 rings (SSSR count). The maximum Gasteiger partial charge on any atom is 0.305 e. The van der Waals surface area contributed by atoms with E-state index in [1.165, 1.54) is 37.2 Å². The lowest BCUT2D eigenvalue weighted by molar-refractivity contribution is -0.145. The van der Waals surface area contributed by atoms with Crippen molar-refractivity contribution in [3.8, 4) is 45.4 Å². The van der Waals surface area contributed by atoms with Crippen LogP contribution in [0.1, 0.15) is 64.2 Å². The Labute approximate surface area is 334 Å². The van der Waals surface area contributed by atoms with Crippen LogP contribution < -0.4 is 9.47 Å². The van der Waals surface area contributed by atoms with Gasteiger partial charge in [-0.05, 0) is 111 Å². The minimum atomic E-state index is -0.155. The third-order valence-corrected chi connectivity index (χ3v) is 15.1. The van der Waals surface area contributed by atoms with E-state index in [1.54, 1.807) is 0 Å². The highest BCUT2D eigenvalue weighted by Gasteiger charge is 2.17. The van der Waals surface area contributed by atoms with Gasteiger partial charge in [-0.15, -0.1) is 0 Å². The van der Waals surface area contributed by atoms with Gasteiger partial charge in [0.15, 0.2) is 0 Å². The van der Waals surface area contributed by atoms with Crippen LogP contribution in [0.2, 0.25) is 0 Å². The van der Waals surface area contributed by atoms with Gasteiger partial charge in [0.1, 0.15) is 37.9 Å². The maximum absolute atomic E-state index is 12.1. The Bertz CT molecular complexity index is 1620. The molecule has 2 unspecified atom stereocenters. The molecular formula is C42H48N2O6S4. The van der Waals surface area contributed by atoms with E-state index in [2.05, 4.69) is 0 Å². The van der Waals surface area contributed by atoms with Gasteiger partial charge in [0.05, 0.1) is 22.8 Å². The summed E-state index contributed by atoms with van der Waals surface area (Å²) in [5.41, 5.74) is 5.12. The molecule has 4 aromatic rings. The summed E-state index contributed by atoms with van der Waals surface area (Å²) in [5.74, 6) is 3.60. The van der Waals surface area contributed by atoms with Crippen LogP contribution in [0.4, 0.5) is 0 Å². The minimum absolute atomic E-state index is 0.155. The van der Waals surface area contributed by atoms with Crippen molar-refractivity contribution in [3.63, 3.8) is 0 Å². The molecule has 0 aliphatic carbocycles. The van der Waals surface area contributed by atoms with E-state index >= 15 is 0 Å². The number of nitrogens with zero attached hydrogens (tertiary/aromatic N) is 2. The summed E-state index contributed by atoms with van der Waals surface area (Å²) in [5, 5.41) is 1.50. The van der Waals surface area contributed by atoms with Crippen molar-refractivity contribution in [2.45, 2.75) is 74.7 Å². The zero-order chi connectivity index (χ0) is 37.2. The number of carbonyl (C=O) groups excluding carboxylic acids is 2.